The van der Waals surface area contributed by atoms with E-state index in [1.54, 1.807) is 21.3 Å². The number of hydrogen-bond donors (Lipinski definition) is 2. The van der Waals surface area contributed by atoms with Crippen molar-refractivity contribution in [2.45, 2.75) is 44.3 Å². The van der Waals surface area contributed by atoms with Crippen LogP contribution < -0.4 is 29.7 Å². The van der Waals surface area contributed by atoms with Crippen LogP contribution in [0.25, 0.3) is 10.9 Å². The first-order valence-corrected chi connectivity index (χ1v) is 11.7. The van der Waals surface area contributed by atoms with Gasteiger partial charge in [-0.3, -0.25) is 0 Å². The second-order valence-electron chi connectivity index (χ2n) is 8.88. The Morgan fingerprint density at radius 3 is 2.18 bits per heavy atom. The Kier molecular flexibility index (Phi) is 7.57. The van der Waals surface area contributed by atoms with Gasteiger partial charge in [0, 0.05) is 49.7 Å². The predicted molar refractivity (Wildman–Crippen MR) is 136 cm³/mol. The summed E-state index contributed by atoms with van der Waals surface area (Å²) in [7, 11) is 8.99. The first-order valence-electron chi connectivity index (χ1n) is 11.7. The molecule has 34 heavy (non-hydrogen) atoms. The van der Waals surface area contributed by atoms with Crippen molar-refractivity contribution in [3.05, 3.63) is 42.0 Å². The average molecular weight is 466 g/mol. The van der Waals surface area contributed by atoms with Crippen LogP contribution in [0.3, 0.4) is 0 Å². The molecule has 0 bridgehead atoms. The van der Waals surface area contributed by atoms with E-state index in [4.69, 9.17) is 24.2 Å². The van der Waals surface area contributed by atoms with Crippen LogP contribution in [0.15, 0.2) is 36.4 Å². The van der Waals surface area contributed by atoms with Crippen molar-refractivity contribution in [1.29, 1.82) is 0 Å². The van der Waals surface area contributed by atoms with Crippen molar-refractivity contribution in [2.75, 3.05) is 45.6 Å². The summed E-state index contributed by atoms with van der Waals surface area (Å²) in [4.78, 5) is 11.6. The first kappa shape index (κ1) is 23.9. The minimum atomic E-state index is 0.366. The molecular formula is C26H35N5O3. The maximum Gasteiger partial charge on any atom is 0.225 e. The largest absolute Gasteiger partial charge is 0.496 e. The molecule has 8 nitrogen and oxygen atoms in total. The maximum atomic E-state index is 5.56. The molecule has 1 saturated carbocycles. The topological polar surface area (TPSA) is 80.8 Å². The molecule has 1 aromatic heterocycles. The fourth-order valence-corrected chi connectivity index (χ4v) is 4.57. The second kappa shape index (κ2) is 10.8. The summed E-state index contributed by atoms with van der Waals surface area (Å²) in [5.41, 5.74) is 2.02. The summed E-state index contributed by atoms with van der Waals surface area (Å²) >= 11 is 0. The third-order valence-electron chi connectivity index (χ3n) is 6.43. The number of nitrogens with one attached hydrogen (secondary N) is 2. The molecule has 4 rings (SSSR count). The molecule has 0 atom stereocenters. The zero-order valence-electron chi connectivity index (χ0n) is 20.7. The van der Waals surface area contributed by atoms with Gasteiger partial charge in [-0.05, 0) is 43.9 Å². The highest BCUT2D eigenvalue weighted by Gasteiger charge is 2.23. The number of rotatable bonds is 9. The molecule has 0 spiro atoms. The van der Waals surface area contributed by atoms with Gasteiger partial charge < -0.3 is 29.7 Å². The fraction of sp³-hybridized carbons (Fsp3) is 0.462. The number of benzene rings is 2. The predicted octanol–water partition coefficient (Wildman–Crippen LogP) is 4.23. The molecule has 1 heterocycles. The zero-order valence-corrected chi connectivity index (χ0v) is 20.7. The Labute approximate surface area is 201 Å². The number of anilines is 2. The van der Waals surface area contributed by atoms with Crippen LogP contribution >= 0.6 is 0 Å². The number of aromatic nitrogens is 2. The molecule has 0 amide bonds. The van der Waals surface area contributed by atoms with E-state index in [-0.39, 0.29) is 0 Å². The van der Waals surface area contributed by atoms with E-state index in [2.05, 4.69) is 16.7 Å². The molecule has 1 aliphatic carbocycles. The second-order valence-corrected chi connectivity index (χ2v) is 8.88. The quantitative estimate of drug-likeness (QED) is 0.486. The Morgan fingerprint density at radius 2 is 1.50 bits per heavy atom. The number of ether oxygens (including phenoxy) is 3. The lowest BCUT2D eigenvalue weighted by Gasteiger charge is -2.30. The van der Waals surface area contributed by atoms with E-state index < -0.39 is 0 Å². The van der Waals surface area contributed by atoms with Crippen molar-refractivity contribution in [3.8, 4) is 17.2 Å². The average Bonchev–Trinajstić information content (AvgIpc) is 2.87. The van der Waals surface area contributed by atoms with E-state index >= 15 is 0 Å². The first-order chi connectivity index (χ1) is 16.5. The number of hydrogen-bond acceptors (Lipinski definition) is 8. The van der Waals surface area contributed by atoms with E-state index in [1.165, 1.54) is 0 Å². The van der Waals surface area contributed by atoms with Gasteiger partial charge in [0.2, 0.25) is 5.95 Å². The van der Waals surface area contributed by atoms with Crippen LogP contribution in [0, 0.1) is 0 Å². The van der Waals surface area contributed by atoms with E-state index in [0.717, 1.165) is 53.7 Å². The van der Waals surface area contributed by atoms with Crippen LogP contribution in [-0.2, 0) is 6.54 Å². The molecule has 0 radical (unpaired) electrons. The summed E-state index contributed by atoms with van der Waals surface area (Å²) in [5.74, 6) is 3.82. The lowest BCUT2D eigenvalue weighted by molar-refractivity contribution is 0.339. The number of methoxy groups -OCH3 is 3. The van der Waals surface area contributed by atoms with Gasteiger partial charge >= 0.3 is 0 Å². The lowest BCUT2D eigenvalue weighted by Crippen LogP contribution is -2.37. The molecule has 0 unspecified atom stereocenters. The molecule has 8 heteroatoms. The molecule has 2 aromatic carbocycles. The minimum absolute atomic E-state index is 0.366. The zero-order chi connectivity index (χ0) is 24.1. The summed E-state index contributed by atoms with van der Waals surface area (Å²) in [6.07, 6.45) is 4.30. The molecular weight excluding hydrogens is 430 g/mol. The van der Waals surface area contributed by atoms with Gasteiger partial charge in [0.15, 0.2) is 11.5 Å². The van der Waals surface area contributed by atoms with Crippen LogP contribution in [0.4, 0.5) is 11.8 Å². The monoisotopic (exact) mass is 465 g/mol. The van der Waals surface area contributed by atoms with Crippen molar-refractivity contribution in [3.63, 3.8) is 0 Å². The minimum Gasteiger partial charge on any atom is -0.496 e. The Morgan fingerprint density at radius 1 is 0.853 bits per heavy atom. The molecule has 0 aliphatic heterocycles. The molecule has 1 aliphatic rings. The molecule has 182 valence electrons. The van der Waals surface area contributed by atoms with Gasteiger partial charge in [0.05, 0.1) is 26.8 Å². The maximum absolute atomic E-state index is 5.56. The molecule has 3 aromatic rings. The summed E-state index contributed by atoms with van der Waals surface area (Å²) in [6.45, 7) is 0.715. The number of para-hydroxylation sites is 1. The van der Waals surface area contributed by atoms with Crippen LogP contribution in [-0.4, -0.2) is 57.5 Å². The molecule has 2 N–H and O–H groups in total. The van der Waals surface area contributed by atoms with Gasteiger partial charge in [-0.15, -0.1) is 0 Å². The van der Waals surface area contributed by atoms with Crippen LogP contribution in [0.2, 0.25) is 0 Å². The number of fused-ring (bicyclic) bond motifs is 1. The SMILES string of the molecule is COc1cc(OC)c(OC)cc1CN[C@H]1CC[C@@H](Nc2nc(N(C)C)c3ccccc3n2)CC1. The summed E-state index contributed by atoms with van der Waals surface area (Å²) < 4.78 is 16.4. The Hall–Kier alpha value is -3.26. The highest BCUT2D eigenvalue weighted by Crippen LogP contribution is 2.35. The van der Waals surface area contributed by atoms with Gasteiger partial charge in [0.25, 0.3) is 0 Å². The Balaban J connectivity index is 1.36. The van der Waals surface area contributed by atoms with Gasteiger partial charge in [-0.25, -0.2) is 4.98 Å². The highest BCUT2D eigenvalue weighted by molar-refractivity contribution is 5.90. The Bertz CT molecular complexity index is 1110. The standard InChI is InChI=1S/C26H35N5O3/c1-31(2)25-20-8-6-7-9-21(20)29-26(30-25)28-19-12-10-18(11-13-19)27-16-17-14-23(33-4)24(34-5)15-22(17)32-3/h6-9,14-15,18-19,27H,10-13,16H2,1-5H3,(H,28,29,30)/t18-,19+. The van der Waals surface area contributed by atoms with Crippen molar-refractivity contribution >= 4 is 22.7 Å². The highest BCUT2D eigenvalue weighted by atomic mass is 16.5. The molecule has 1 fully saturated rings. The number of nitrogens with zero attached hydrogens (tertiary/aromatic N) is 3. The van der Waals surface area contributed by atoms with E-state index in [9.17, 15) is 0 Å². The van der Waals surface area contributed by atoms with Crippen LogP contribution in [0.5, 0.6) is 17.2 Å². The summed E-state index contributed by atoms with van der Waals surface area (Å²) in [5, 5.41) is 8.34. The van der Waals surface area contributed by atoms with Crippen LogP contribution in [0.1, 0.15) is 31.2 Å². The van der Waals surface area contributed by atoms with E-state index in [0.29, 0.717) is 36.1 Å². The lowest BCUT2D eigenvalue weighted by atomic mass is 9.91. The van der Waals surface area contributed by atoms with Crippen molar-refractivity contribution in [1.82, 2.24) is 15.3 Å². The third kappa shape index (κ3) is 5.28. The van der Waals surface area contributed by atoms with Crippen molar-refractivity contribution in [2.24, 2.45) is 0 Å². The van der Waals surface area contributed by atoms with Gasteiger partial charge in [-0.2, -0.15) is 4.98 Å². The molecule has 0 saturated heterocycles. The summed E-state index contributed by atoms with van der Waals surface area (Å²) in [6, 6.07) is 12.8. The van der Waals surface area contributed by atoms with Crippen molar-refractivity contribution < 1.29 is 14.2 Å². The smallest absolute Gasteiger partial charge is 0.225 e. The third-order valence-corrected chi connectivity index (χ3v) is 6.43. The van der Waals surface area contributed by atoms with E-state index in [1.807, 2.05) is 49.3 Å². The normalized spacial score (nSPS) is 17.9. The fourth-order valence-electron chi connectivity index (χ4n) is 4.57. The van der Waals surface area contributed by atoms with Gasteiger partial charge in [-0.1, -0.05) is 12.1 Å². The van der Waals surface area contributed by atoms with Gasteiger partial charge in [0.1, 0.15) is 11.6 Å².